The number of hydrogen-bond acceptors (Lipinski definition) is 6. The first-order valence-electron chi connectivity index (χ1n) is 8.91. The maximum atomic E-state index is 12.2. The van der Waals surface area contributed by atoms with Gasteiger partial charge in [0.15, 0.2) is 16.8 Å². The second kappa shape index (κ2) is 8.70. The molecule has 0 atom stereocenters. The van der Waals surface area contributed by atoms with E-state index in [0.29, 0.717) is 16.4 Å². The van der Waals surface area contributed by atoms with Crippen LogP contribution in [0.2, 0.25) is 0 Å². The van der Waals surface area contributed by atoms with Crippen molar-refractivity contribution >= 4 is 40.5 Å². The molecule has 0 bridgehead atoms. The summed E-state index contributed by atoms with van der Waals surface area (Å²) in [6, 6.07) is 6.86. The summed E-state index contributed by atoms with van der Waals surface area (Å²) in [6.07, 6.45) is 0.949. The lowest BCUT2D eigenvalue weighted by molar-refractivity contribution is -0.113. The van der Waals surface area contributed by atoms with Crippen LogP contribution in [0, 0.1) is 6.92 Å². The van der Waals surface area contributed by atoms with E-state index in [1.165, 1.54) is 29.1 Å². The number of carbonyl (C=O) groups is 2. The van der Waals surface area contributed by atoms with Gasteiger partial charge in [-0.25, -0.2) is 0 Å². The molecule has 0 fully saturated rings. The summed E-state index contributed by atoms with van der Waals surface area (Å²) in [5.41, 5.74) is 3.69. The molecule has 3 aromatic rings. The Morgan fingerprint density at radius 2 is 1.93 bits per heavy atom. The van der Waals surface area contributed by atoms with Gasteiger partial charge in [-0.2, -0.15) is 0 Å². The van der Waals surface area contributed by atoms with Gasteiger partial charge in [0, 0.05) is 34.1 Å². The van der Waals surface area contributed by atoms with Gasteiger partial charge in [0.2, 0.25) is 5.91 Å². The number of carbonyl (C=O) groups excluding carboxylic acids is 2. The molecule has 0 unspecified atom stereocenters. The van der Waals surface area contributed by atoms with E-state index in [0.717, 1.165) is 17.8 Å². The number of aromatic nitrogens is 3. The second-order valence-corrected chi connectivity index (χ2v) is 8.40. The lowest BCUT2D eigenvalue weighted by Gasteiger charge is -2.06. The van der Waals surface area contributed by atoms with E-state index < -0.39 is 0 Å². The predicted octanol–water partition coefficient (Wildman–Crippen LogP) is 4.35. The van der Waals surface area contributed by atoms with Gasteiger partial charge in [-0.15, -0.1) is 21.5 Å². The molecule has 8 heteroatoms. The minimum absolute atomic E-state index is 0.00133. The van der Waals surface area contributed by atoms with Crippen LogP contribution in [0.1, 0.15) is 34.6 Å². The van der Waals surface area contributed by atoms with E-state index >= 15 is 0 Å². The van der Waals surface area contributed by atoms with Crippen LogP contribution < -0.4 is 5.32 Å². The normalized spacial score (nSPS) is 10.9. The Hall–Kier alpha value is -2.45. The monoisotopic (exact) mass is 414 g/mol. The van der Waals surface area contributed by atoms with Crippen molar-refractivity contribution in [1.82, 2.24) is 14.8 Å². The molecule has 0 aliphatic rings. The first kappa shape index (κ1) is 20.3. The summed E-state index contributed by atoms with van der Waals surface area (Å²) in [6.45, 7) is 5.77. The maximum Gasteiger partial charge on any atom is 0.234 e. The minimum Gasteiger partial charge on any atom is -0.325 e. The van der Waals surface area contributed by atoms with E-state index in [9.17, 15) is 9.59 Å². The number of anilines is 1. The summed E-state index contributed by atoms with van der Waals surface area (Å²) in [5, 5.41) is 14.2. The molecule has 0 radical (unpaired) electrons. The number of aryl methyl sites for hydroxylation is 1. The number of benzene rings is 1. The lowest BCUT2D eigenvalue weighted by atomic mass is 10.1. The highest BCUT2D eigenvalue weighted by molar-refractivity contribution is 7.99. The first-order valence-corrected chi connectivity index (χ1v) is 10.8. The van der Waals surface area contributed by atoms with Gasteiger partial charge in [0.1, 0.15) is 0 Å². The average molecular weight is 415 g/mol. The number of Topliss-reactive ketones (excluding diaryl/α,β-unsaturated/α-hetero) is 1. The van der Waals surface area contributed by atoms with Crippen LogP contribution in [-0.4, -0.2) is 32.2 Å². The molecule has 146 valence electrons. The third-order valence-electron chi connectivity index (χ3n) is 4.44. The summed E-state index contributed by atoms with van der Waals surface area (Å²) in [5.74, 6) is 0.914. The third-order valence-corrected chi connectivity index (χ3v) is 6.41. The molecule has 28 heavy (non-hydrogen) atoms. The highest BCUT2D eigenvalue weighted by atomic mass is 32.2. The molecule has 6 nitrogen and oxygen atoms in total. The van der Waals surface area contributed by atoms with Crippen molar-refractivity contribution in [3.63, 3.8) is 0 Å². The molecule has 2 aromatic heterocycles. The number of nitrogens with zero attached hydrogens (tertiary/aromatic N) is 3. The van der Waals surface area contributed by atoms with Gasteiger partial charge >= 0.3 is 0 Å². The molecular formula is C20H22N4O2S2. The Labute approximate surface area is 172 Å². The molecule has 1 aromatic carbocycles. The van der Waals surface area contributed by atoms with E-state index in [-0.39, 0.29) is 17.4 Å². The zero-order chi connectivity index (χ0) is 20.3. The number of rotatable bonds is 7. The molecule has 1 amide bonds. The van der Waals surface area contributed by atoms with Crippen LogP contribution in [0.5, 0.6) is 0 Å². The summed E-state index contributed by atoms with van der Waals surface area (Å²) in [7, 11) is 1.92. The quantitative estimate of drug-likeness (QED) is 0.459. The Morgan fingerprint density at radius 1 is 1.21 bits per heavy atom. The SMILES string of the molecule is CCc1c(-c2nnc(SCC(=O)Nc3ccc(C(C)=O)cc3)n2C)csc1C. The van der Waals surface area contributed by atoms with Crippen molar-refractivity contribution in [3.8, 4) is 11.4 Å². The standard InChI is InChI=1S/C20H22N4O2S2/c1-5-16-13(3)27-10-17(16)19-22-23-20(24(19)4)28-11-18(26)21-15-8-6-14(7-9-15)12(2)25/h6-10H,5,11H2,1-4H3,(H,21,26). The highest BCUT2D eigenvalue weighted by Crippen LogP contribution is 2.31. The van der Waals surface area contributed by atoms with Gasteiger partial charge in [0.05, 0.1) is 5.75 Å². The number of amides is 1. The van der Waals surface area contributed by atoms with Crippen LogP contribution >= 0.6 is 23.1 Å². The predicted molar refractivity (Wildman–Crippen MR) is 114 cm³/mol. The van der Waals surface area contributed by atoms with Crippen LogP contribution in [0.25, 0.3) is 11.4 Å². The topological polar surface area (TPSA) is 76.9 Å². The average Bonchev–Trinajstić information content (AvgIpc) is 3.22. The molecule has 0 spiro atoms. The smallest absolute Gasteiger partial charge is 0.234 e. The highest BCUT2D eigenvalue weighted by Gasteiger charge is 2.17. The number of thiophene rings is 1. The molecule has 1 N–H and O–H groups in total. The van der Waals surface area contributed by atoms with Crippen LogP contribution in [-0.2, 0) is 18.3 Å². The third kappa shape index (κ3) is 4.34. The second-order valence-electron chi connectivity index (χ2n) is 6.37. The van der Waals surface area contributed by atoms with Crippen molar-refractivity contribution < 1.29 is 9.59 Å². The van der Waals surface area contributed by atoms with E-state index in [4.69, 9.17) is 0 Å². The van der Waals surface area contributed by atoms with Crippen molar-refractivity contribution in [3.05, 3.63) is 45.6 Å². The summed E-state index contributed by atoms with van der Waals surface area (Å²) < 4.78 is 1.93. The van der Waals surface area contributed by atoms with Crippen LogP contribution in [0.4, 0.5) is 5.69 Å². The molecule has 3 rings (SSSR count). The zero-order valence-corrected chi connectivity index (χ0v) is 17.9. The fourth-order valence-corrected chi connectivity index (χ4v) is 4.55. The molecular weight excluding hydrogens is 392 g/mol. The Morgan fingerprint density at radius 3 is 2.57 bits per heavy atom. The van der Waals surface area contributed by atoms with Crippen LogP contribution in [0.15, 0.2) is 34.8 Å². The molecule has 0 saturated heterocycles. The molecule has 0 aliphatic carbocycles. The van der Waals surface area contributed by atoms with Gasteiger partial charge in [-0.1, -0.05) is 18.7 Å². The summed E-state index contributed by atoms with van der Waals surface area (Å²) in [4.78, 5) is 24.8. The van der Waals surface area contributed by atoms with Crippen molar-refractivity contribution in [2.75, 3.05) is 11.1 Å². The number of hydrogen-bond donors (Lipinski definition) is 1. The van der Waals surface area contributed by atoms with Gasteiger partial charge in [-0.05, 0) is 50.1 Å². The maximum absolute atomic E-state index is 12.2. The fraction of sp³-hybridized carbons (Fsp3) is 0.300. The van der Waals surface area contributed by atoms with Crippen molar-refractivity contribution in [2.24, 2.45) is 7.05 Å². The number of thioether (sulfide) groups is 1. The van der Waals surface area contributed by atoms with E-state index in [1.807, 2.05) is 11.6 Å². The molecule has 2 heterocycles. The number of ketones is 1. The fourth-order valence-electron chi connectivity index (χ4n) is 2.90. The van der Waals surface area contributed by atoms with Crippen molar-refractivity contribution in [1.29, 1.82) is 0 Å². The van der Waals surface area contributed by atoms with Gasteiger partial charge in [0.25, 0.3) is 0 Å². The Bertz CT molecular complexity index is 1010. The minimum atomic E-state index is -0.134. The zero-order valence-electron chi connectivity index (χ0n) is 16.3. The molecule has 0 aliphatic heterocycles. The van der Waals surface area contributed by atoms with Gasteiger partial charge in [-0.3, -0.25) is 9.59 Å². The van der Waals surface area contributed by atoms with E-state index in [1.54, 1.807) is 35.6 Å². The van der Waals surface area contributed by atoms with Crippen LogP contribution in [0.3, 0.4) is 0 Å². The first-order chi connectivity index (χ1) is 13.4. The lowest BCUT2D eigenvalue weighted by Crippen LogP contribution is -2.14. The van der Waals surface area contributed by atoms with E-state index in [2.05, 4.69) is 34.7 Å². The Balaban J connectivity index is 1.64. The van der Waals surface area contributed by atoms with Gasteiger partial charge < -0.3 is 9.88 Å². The largest absolute Gasteiger partial charge is 0.325 e. The van der Waals surface area contributed by atoms with Crippen molar-refractivity contribution in [2.45, 2.75) is 32.3 Å². The number of nitrogens with one attached hydrogen (secondary N) is 1. The summed E-state index contributed by atoms with van der Waals surface area (Å²) >= 11 is 3.06. The molecule has 0 saturated carbocycles. The Kier molecular flexibility index (Phi) is 6.31.